The molecule has 1 aromatic carbocycles. The summed E-state index contributed by atoms with van der Waals surface area (Å²) in [6, 6.07) is 7.89. The van der Waals surface area contributed by atoms with E-state index in [1.165, 1.54) is 0 Å². The molecule has 0 aliphatic carbocycles. The van der Waals surface area contributed by atoms with E-state index in [0.717, 1.165) is 23.4 Å². The number of aliphatic hydroxyl groups is 1. The van der Waals surface area contributed by atoms with E-state index in [2.05, 4.69) is 10.2 Å². The van der Waals surface area contributed by atoms with Crippen molar-refractivity contribution in [1.29, 1.82) is 0 Å². The first-order chi connectivity index (χ1) is 9.15. The van der Waals surface area contributed by atoms with Gasteiger partial charge in [-0.05, 0) is 31.9 Å². The number of hydrogen-bond donors (Lipinski definition) is 2. The molecule has 0 saturated carbocycles. The number of carbonyl (C=O) groups is 1. The molecular weight excluding hydrogens is 260 g/mol. The van der Waals surface area contributed by atoms with Gasteiger partial charge in [-0.2, -0.15) is 0 Å². The van der Waals surface area contributed by atoms with Crippen molar-refractivity contribution in [2.75, 3.05) is 26.5 Å². The molecule has 1 aliphatic rings. The number of rotatable bonds is 4. The van der Waals surface area contributed by atoms with Gasteiger partial charge in [0.2, 0.25) is 0 Å². The molecule has 4 nitrogen and oxygen atoms in total. The molecular formula is C14H20N2O2S. The highest BCUT2D eigenvalue weighted by molar-refractivity contribution is 7.98. The van der Waals surface area contributed by atoms with Crippen LogP contribution in [0.5, 0.6) is 0 Å². The van der Waals surface area contributed by atoms with Crippen molar-refractivity contribution in [3.63, 3.8) is 0 Å². The Morgan fingerprint density at radius 1 is 1.53 bits per heavy atom. The normalized spacial score (nSPS) is 23.5. The maximum absolute atomic E-state index is 12.3. The van der Waals surface area contributed by atoms with Crippen molar-refractivity contribution in [3.8, 4) is 0 Å². The van der Waals surface area contributed by atoms with Gasteiger partial charge in [-0.3, -0.25) is 9.69 Å². The Bertz CT molecular complexity index is 453. The van der Waals surface area contributed by atoms with E-state index in [4.69, 9.17) is 0 Å². The van der Waals surface area contributed by atoms with Crippen LogP contribution >= 0.6 is 11.8 Å². The summed E-state index contributed by atoms with van der Waals surface area (Å²) in [5.41, 5.74) is 0.727. The molecule has 0 spiro atoms. The van der Waals surface area contributed by atoms with Gasteiger partial charge in [0.25, 0.3) is 5.91 Å². The molecule has 0 aromatic heterocycles. The van der Waals surface area contributed by atoms with Crippen LogP contribution in [-0.2, 0) is 0 Å². The Morgan fingerprint density at radius 3 is 2.89 bits per heavy atom. The van der Waals surface area contributed by atoms with Crippen LogP contribution in [0.2, 0.25) is 0 Å². The first kappa shape index (κ1) is 14.4. The Labute approximate surface area is 118 Å². The predicted octanol–water partition coefficient (Wildman–Crippen LogP) is 1.20. The maximum Gasteiger partial charge on any atom is 0.252 e. The first-order valence-corrected chi connectivity index (χ1v) is 7.63. The number of nitrogens with one attached hydrogen (secondary N) is 1. The Balaban J connectivity index is 2.02. The van der Waals surface area contributed by atoms with Crippen LogP contribution in [0.3, 0.4) is 0 Å². The fourth-order valence-electron chi connectivity index (χ4n) is 2.49. The highest BCUT2D eigenvalue weighted by Gasteiger charge is 2.30. The number of likely N-dealkylation sites (tertiary alicyclic amines) is 1. The zero-order valence-electron chi connectivity index (χ0n) is 11.3. The Morgan fingerprint density at radius 2 is 2.26 bits per heavy atom. The van der Waals surface area contributed by atoms with Gasteiger partial charge < -0.3 is 10.4 Å². The molecule has 0 unspecified atom stereocenters. The molecule has 5 heteroatoms. The third kappa shape index (κ3) is 3.29. The van der Waals surface area contributed by atoms with Gasteiger partial charge in [0.15, 0.2) is 0 Å². The number of likely N-dealkylation sites (N-methyl/N-ethyl adjacent to an activating group) is 1. The molecule has 2 rings (SSSR count). The van der Waals surface area contributed by atoms with Gasteiger partial charge in [0.05, 0.1) is 12.2 Å². The van der Waals surface area contributed by atoms with Crippen LogP contribution in [0.4, 0.5) is 0 Å². The maximum atomic E-state index is 12.3. The van der Waals surface area contributed by atoms with Crippen molar-refractivity contribution < 1.29 is 9.90 Å². The number of thioether (sulfide) groups is 1. The van der Waals surface area contributed by atoms with Crippen LogP contribution in [0.25, 0.3) is 0 Å². The van der Waals surface area contributed by atoms with E-state index in [1.807, 2.05) is 37.6 Å². The number of hydrogen-bond acceptors (Lipinski definition) is 4. The van der Waals surface area contributed by atoms with Crippen LogP contribution in [0.1, 0.15) is 16.8 Å². The molecule has 19 heavy (non-hydrogen) atoms. The standard InChI is InChI=1S/C14H20N2O2S/c1-16-8-10(7-11(16)9-17)15-14(18)12-5-3-4-6-13(12)19-2/h3-6,10-11,17H,7-9H2,1-2H3,(H,15,18)/t10-,11+/m1/s1. The SMILES string of the molecule is CSc1ccccc1C(=O)N[C@@H]1C[C@@H](CO)N(C)C1. The monoisotopic (exact) mass is 280 g/mol. The quantitative estimate of drug-likeness (QED) is 0.814. The number of benzene rings is 1. The lowest BCUT2D eigenvalue weighted by Gasteiger charge is -2.15. The molecule has 2 N–H and O–H groups in total. The molecule has 1 heterocycles. The number of aliphatic hydroxyl groups excluding tert-OH is 1. The third-order valence-electron chi connectivity index (χ3n) is 3.59. The zero-order chi connectivity index (χ0) is 13.8. The van der Waals surface area contributed by atoms with E-state index < -0.39 is 0 Å². The lowest BCUT2D eigenvalue weighted by molar-refractivity contribution is 0.0935. The van der Waals surface area contributed by atoms with Crippen molar-refractivity contribution >= 4 is 17.7 Å². The highest BCUT2D eigenvalue weighted by atomic mass is 32.2. The Kier molecular flexibility index (Phi) is 4.85. The topological polar surface area (TPSA) is 52.6 Å². The van der Waals surface area contributed by atoms with Crippen molar-refractivity contribution in [3.05, 3.63) is 29.8 Å². The van der Waals surface area contributed by atoms with Gasteiger partial charge in [0, 0.05) is 23.5 Å². The lowest BCUT2D eigenvalue weighted by atomic mass is 10.1. The minimum Gasteiger partial charge on any atom is -0.395 e. The van der Waals surface area contributed by atoms with Crippen molar-refractivity contribution in [2.45, 2.75) is 23.4 Å². The van der Waals surface area contributed by atoms with Gasteiger partial charge >= 0.3 is 0 Å². The lowest BCUT2D eigenvalue weighted by Crippen LogP contribution is -2.36. The summed E-state index contributed by atoms with van der Waals surface area (Å²) in [5, 5.41) is 12.3. The number of amides is 1. The second-order valence-corrected chi connectivity index (χ2v) is 5.73. The van der Waals surface area contributed by atoms with Crippen LogP contribution in [0, 0.1) is 0 Å². The fraction of sp³-hybridized carbons (Fsp3) is 0.500. The Hall–Kier alpha value is -1.04. The van der Waals surface area contributed by atoms with E-state index in [0.29, 0.717) is 0 Å². The summed E-state index contributed by atoms with van der Waals surface area (Å²) in [7, 11) is 1.98. The number of carbonyl (C=O) groups excluding carboxylic acids is 1. The molecule has 104 valence electrons. The summed E-state index contributed by atoms with van der Waals surface area (Å²) in [4.78, 5) is 15.4. The molecule has 1 saturated heterocycles. The van der Waals surface area contributed by atoms with E-state index >= 15 is 0 Å². The third-order valence-corrected chi connectivity index (χ3v) is 4.38. The molecule has 2 atom stereocenters. The van der Waals surface area contributed by atoms with E-state index in [-0.39, 0.29) is 24.6 Å². The van der Waals surface area contributed by atoms with Gasteiger partial charge in [-0.15, -0.1) is 11.8 Å². The average molecular weight is 280 g/mol. The van der Waals surface area contributed by atoms with E-state index in [1.54, 1.807) is 11.8 Å². The minimum absolute atomic E-state index is 0.0260. The van der Waals surface area contributed by atoms with E-state index in [9.17, 15) is 9.90 Å². The molecule has 0 radical (unpaired) electrons. The largest absolute Gasteiger partial charge is 0.395 e. The fourth-order valence-corrected chi connectivity index (χ4v) is 3.09. The predicted molar refractivity (Wildman–Crippen MR) is 77.6 cm³/mol. The summed E-state index contributed by atoms with van der Waals surface area (Å²) >= 11 is 1.58. The summed E-state index contributed by atoms with van der Waals surface area (Å²) in [6.45, 7) is 0.933. The van der Waals surface area contributed by atoms with Crippen molar-refractivity contribution in [1.82, 2.24) is 10.2 Å². The summed E-state index contributed by atoms with van der Waals surface area (Å²) < 4.78 is 0. The van der Waals surface area contributed by atoms with Crippen LogP contribution in [-0.4, -0.2) is 54.5 Å². The second-order valence-electron chi connectivity index (χ2n) is 4.88. The first-order valence-electron chi connectivity index (χ1n) is 6.40. The summed E-state index contributed by atoms with van der Waals surface area (Å²) in [6.07, 6.45) is 2.78. The van der Waals surface area contributed by atoms with Gasteiger partial charge in [-0.1, -0.05) is 12.1 Å². The van der Waals surface area contributed by atoms with Crippen molar-refractivity contribution in [2.24, 2.45) is 0 Å². The van der Waals surface area contributed by atoms with Crippen LogP contribution < -0.4 is 5.32 Å². The molecule has 1 fully saturated rings. The molecule has 1 aromatic rings. The van der Waals surface area contributed by atoms with Gasteiger partial charge in [0.1, 0.15) is 0 Å². The smallest absolute Gasteiger partial charge is 0.252 e. The minimum atomic E-state index is -0.0260. The highest BCUT2D eigenvalue weighted by Crippen LogP contribution is 2.21. The van der Waals surface area contributed by atoms with Crippen LogP contribution in [0.15, 0.2) is 29.2 Å². The molecule has 0 bridgehead atoms. The van der Waals surface area contributed by atoms with Gasteiger partial charge in [-0.25, -0.2) is 0 Å². The average Bonchev–Trinajstić information content (AvgIpc) is 2.78. The number of nitrogens with zero attached hydrogens (tertiary/aromatic N) is 1. The summed E-state index contributed by atoms with van der Waals surface area (Å²) in [5.74, 6) is -0.0260. The molecule has 1 amide bonds. The second kappa shape index (κ2) is 6.41. The molecule has 1 aliphatic heterocycles. The zero-order valence-corrected chi connectivity index (χ0v) is 12.1.